The van der Waals surface area contributed by atoms with Gasteiger partial charge in [-0.15, -0.1) is 0 Å². The third-order valence-corrected chi connectivity index (χ3v) is 7.39. The lowest BCUT2D eigenvalue weighted by molar-refractivity contribution is -0.149. The number of carbonyl (C=O) groups is 3. The van der Waals surface area contributed by atoms with Crippen LogP contribution >= 0.6 is 0 Å². The summed E-state index contributed by atoms with van der Waals surface area (Å²) < 4.78 is 13.1. The monoisotopic (exact) mass is 497 g/mol. The van der Waals surface area contributed by atoms with Crippen LogP contribution in [0, 0.1) is 11.8 Å². The lowest BCUT2D eigenvalue weighted by Gasteiger charge is -2.30. The van der Waals surface area contributed by atoms with E-state index in [1.54, 1.807) is 17.9 Å². The SMILES string of the molecule is CCCN(Cc1cccn1Cc1ccc(C(=O)N2CCC(C(=O)OCC)CC2)o1)C(=O)C1CCCC1. The van der Waals surface area contributed by atoms with Gasteiger partial charge in [0, 0.05) is 37.4 Å². The first kappa shape index (κ1) is 26.0. The zero-order chi connectivity index (χ0) is 25.5. The standard InChI is InChI=1S/C28H39N3O5/c1-3-15-31(26(32)21-8-5-6-9-21)19-23-10-7-16-30(23)20-24-11-12-25(36-24)27(33)29-17-13-22(14-18-29)28(34)35-4-2/h7,10-12,16,21-22H,3-6,8-9,13-15,17-20H2,1-2H3. The molecule has 0 aromatic carbocycles. The predicted molar refractivity (Wildman–Crippen MR) is 135 cm³/mol. The van der Waals surface area contributed by atoms with E-state index in [4.69, 9.17) is 9.15 Å². The molecular formula is C28H39N3O5. The van der Waals surface area contributed by atoms with E-state index in [1.165, 1.54) is 0 Å². The number of furan rings is 1. The number of amides is 2. The van der Waals surface area contributed by atoms with Gasteiger partial charge in [-0.05, 0) is 63.3 Å². The molecule has 0 bridgehead atoms. The van der Waals surface area contributed by atoms with Crippen LogP contribution in [0.1, 0.15) is 80.8 Å². The lowest BCUT2D eigenvalue weighted by atomic mass is 9.97. The van der Waals surface area contributed by atoms with E-state index < -0.39 is 0 Å². The average molecular weight is 498 g/mol. The number of likely N-dealkylation sites (tertiary alicyclic amines) is 1. The van der Waals surface area contributed by atoms with Crippen LogP contribution in [0.2, 0.25) is 0 Å². The molecule has 2 amide bonds. The molecule has 0 N–H and O–H groups in total. The molecule has 0 unspecified atom stereocenters. The Hall–Kier alpha value is -3.03. The molecular weight excluding hydrogens is 458 g/mol. The van der Waals surface area contributed by atoms with Gasteiger partial charge >= 0.3 is 5.97 Å². The fourth-order valence-electron chi connectivity index (χ4n) is 5.39. The molecule has 2 aliphatic rings. The minimum atomic E-state index is -0.171. The molecule has 0 atom stereocenters. The predicted octanol–water partition coefficient (Wildman–Crippen LogP) is 4.47. The van der Waals surface area contributed by atoms with Gasteiger partial charge in [-0.3, -0.25) is 14.4 Å². The Balaban J connectivity index is 1.35. The van der Waals surface area contributed by atoms with Gasteiger partial charge in [0.25, 0.3) is 5.91 Å². The molecule has 8 heteroatoms. The van der Waals surface area contributed by atoms with Crippen molar-refractivity contribution in [3.8, 4) is 0 Å². The molecule has 3 heterocycles. The van der Waals surface area contributed by atoms with Crippen LogP contribution in [0.25, 0.3) is 0 Å². The fourth-order valence-corrected chi connectivity index (χ4v) is 5.39. The van der Waals surface area contributed by atoms with Crippen LogP contribution in [0.5, 0.6) is 0 Å². The lowest BCUT2D eigenvalue weighted by Crippen LogP contribution is -2.40. The van der Waals surface area contributed by atoms with Gasteiger partial charge in [0.2, 0.25) is 5.91 Å². The topological polar surface area (TPSA) is 85.0 Å². The average Bonchev–Trinajstić information content (AvgIpc) is 3.67. The Bertz CT molecular complexity index is 1030. The number of ether oxygens (including phenoxy) is 1. The second-order valence-corrected chi connectivity index (χ2v) is 9.95. The van der Waals surface area contributed by atoms with Crippen LogP contribution in [-0.4, -0.2) is 58.4 Å². The van der Waals surface area contributed by atoms with E-state index in [9.17, 15) is 14.4 Å². The number of aromatic nitrogens is 1. The van der Waals surface area contributed by atoms with Crippen molar-refractivity contribution < 1.29 is 23.5 Å². The molecule has 36 heavy (non-hydrogen) atoms. The maximum atomic E-state index is 13.1. The van der Waals surface area contributed by atoms with E-state index >= 15 is 0 Å². The van der Waals surface area contributed by atoms with E-state index in [0.29, 0.717) is 57.1 Å². The quantitative estimate of drug-likeness (QED) is 0.452. The number of hydrogen-bond acceptors (Lipinski definition) is 5. The molecule has 2 fully saturated rings. The van der Waals surface area contributed by atoms with Crippen LogP contribution < -0.4 is 0 Å². The molecule has 0 radical (unpaired) electrons. The Morgan fingerprint density at radius 2 is 1.78 bits per heavy atom. The van der Waals surface area contributed by atoms with Gasteiger partial charge in [0.05, 0.1) is 25.6 Å². The summed E-state index contributed by atoms with van der Waals surface area (Å²) in [6.07, 6.45) is 8.44. The molecule has 0 spiro atoms. The van der Waals surface area contributed by atoms with E-state index in [1.807, 2.05) is 29.3 Å². The summed E-state index contributed by atoms with van der Waals surface area (Å²) in [6.45, 7) is 7.16. The number of rotatable bonds is 10. The first-order valence-corrected chi connectivity index (χ1v) is 13.5. The highest BCUT2D eigenvalue weighted by molar-refractivity contribution is 5.91. The van der Waals surface area contributed by atoms with Crippen LogP contribution in [0.4, 0.5) is 0 Å². The summed E-state index contributed by atoms with van der Waals surface area (Å²) in [7, 11) is 0. The van der Waals surface area contributed by atoms with Gasteiger partial charge in [-0.25, -0.2) is 0 Å². The summed E-state index contributed by atoms with van der Waals surface area (Å²) in [6, 6.07) is 7.61. The zero-order valence-corrected chi connectivity index (χ0v) is 21.6. The number of carbonyl (C=O) groups excluding carboxylic acids is 3. The maximum absolute atomic E-state index is 13.1. The van der Waals surface area contributed by atoms with Crippen molar-refractivity contribution in [2.24, 2.45) is 11.8 Å². The van der Waals surface area contributed by atoms with E-state index in [0.717, 1.165) is 44.3 Å². The van der Waals surface area contributed by atoms with Crippen molar-refractivity contribution in [3.05, 3.63) is 47.7 Å². The van der Waals surface area contributed by atoms with Crippen LogP contribution in [-0.2, 0) is 27.4 Å². The third kappa shape index (κ3) is 6.20. The second-order valence-electron chi connectivity index (χ2n) is 9.95. The van der Waals surface area contributed by atoms with Gasteiger partial charge in [-0.2, -0.15) is 0 Å². The molecule has 8 nitrogen and oxygen atoms in total. The molecule has 2 aromatic heterocycles. The smallest absolute Gasteiger partial charge is 0.309 e. The minimum absolute atomic E-state index is 0.138. The molecule has 1 saturated carbocycles. The van der Waals surface area contributed by atoms with E-state index in [-0.39, 0.29) is 29.6 Å². The van der Waals surface area contributed by atoms with Crippen LogP contribution in [0.15, 0.2) is 34.9 Å². The summed E-state index contributed by atoms with van der Waals surface area (Å²) >= 11 is 0. The van der Waals surface area contributed by atoms with Crippen molar-refractivity contribution in [1.82, 2.24) is 14.4 Å². The Morgan fingerprint density at radius 1 is 1.03 bits per heavy atom. The van der Waals surface area contributed by atoms with Gasteiger partial charge in [0.15, 0.2) is 5.76 Å². The largest absolute Gasteiger partial charge is 0.466 e. The highest BCUT2D eigenvalue weighted by Gasteiger charge is 2.30. The first-order chi connectivity index (χ1) is 17.5. The maximum Gasteiger partial charge on any atom is 0.309 e. The highest BCUT2D eigenvalue weighted by atomic mass is 16.5. The normalized spacial score (nSPS) is 16.9. The summed E-state index contributed by atoms with van der Waals surface area (Å²) in [4.78, 5) is 41.8. The number of piperidine rings is 1. The van der Waals surface area contributed by atoms with Crippen molar-refractivity contribution in [1.29, 1.82) is 0 Å². The summed E-state index contributed by atoms with van der Waals surface area (Å²) in [5.41, 5.74) is 1.06. The Morgan fingerprint density at radius 3 is 2.47 bits per heavy atom. The highest BCUT2D eigenvalue weighted by Crippen LogP contribution is 2.27. The van der Waals surface area contributed by atoms with Crippen molar-refractivity contribution in [2.45, 2.75) is 71.9 Å². The minimum Gasteiger partial charge on any atom is -0.466 e. The summed E-state index contributed by atoms with van der Waals surface area (Å²) in [5.74, 6) is 1.00. The zero-order valence-electron chi connectivity index (χ0n) is 21.6. The Kier molecular flexibility index (Phi) is 8.88. The third-order valence-electron chi connectivity index (χ3n) is 7.39. The van der Waals surface area contributed by atoms with Crippen LogP contribution in [0.3, 0.4) is 0 Å². The fraction of sp³-hybridized carbons (Fsp3) is 0.607. The van der Waals surface area contributed by atoms with Crippen molar-refractivity contribution in [2.75, 3.05) is 26.2 Å². The van der Waals surface area contributed by atoms with Crippen molar-refractivity contribution >= 4 is 17.8 Å². The number of nitrogens with zero attached hydrogens (tertiary/aromatic N) is 3. The second kappa shape index (κ2) is 12.3. The van der Waals surface area contributed by atoms with E-state index in [2.05, 4.69) is 11.5 Å². The van der Waals surface area contributed by atoms with Gasteiger partial charge < -0.3 is 23.5 Å². The number of hydrogen-bond donors (Lipinski definition) is 0. The summed E-state index contributed by atoms with van der Waals surface area (Å²) in [5, 5.41) is 0. The Labute approximate surface area is 213 Å². The molecule has 196 valence electrons. The molecule has 1 aliphatic heterocycles. The van der Waals surface area contributed by atoms with Gasteiger partial charge in [-0.1, -0.05) is 19.8 Å². The molecule has 1 saturated heterocycles. The first-order valence-electron chi connectivity index (χ1n) is 13.5. The molecule has 2 aromatic rings. The van der Waals surface area contributed by atoms with Gasteiger partial charge in [0.1, 0.15) is 5.76 Å². The molecule has 4 rings (SSSR count). The molecule has 1 aliphatic carbocycles. The number of esters is 1. The van der Waals surface area contributed by atoms with Crippen molar-refractivity contribution in [3.63, 3.8) is 0 Å².